The maximum atomic E-state index is 9.45. The number of hydrogen-bond acceptors (Lipinski definition) is 3. The quantitative estimate of drug-likeness (QED) is 0.902. The molecule has 0 bridgehead atoms. The molecule has 1 saturated carbocycles. The van der Waals surface area contributed by atoms with Crippen molar-refractivity contribution in [2.24, 2.45) is 0 Å². The van der Waals surface area contributed by atoms with Gasteiger partial charge in [0.25, 0.3) is 0 Å². The third-order valence-corrected chi connectivity index (χ3v) is 4.90. The molecule has 2 rings (SSSR count). The fraction of sp³-hybridized carbons (Fsp3) is 0.533. The zero-order valence-corrected chi connectivity index (χ0v) is 12.9. The zero-order chi connectivity index (χ0) is 13.9. The summed E-state index contributed by atoms with van der Waals surface area (Å²) in [6, 6.07) is 10.8. The maximum Gasteiger partial charge on any atom is 0.108 e. The van der Waals surface area contributed by atoms with Crippen molar-refractivity contribution in [2.45, 2.75) is 54.8 Å². The van der Waals surface area contributed by atoms with Crippen LogP contribution in [0.3, 0.4) is 0 Å². The zero-order valence-electron chi connectivity index (χ0n) is 11.3. The molecule has 1 aliphatic rings. The van der Waals surface area contributed by atoms with Crippen LogP contribution in [0.4, 0.5) is 0 Å². The number of nitriles is 1. The molecule has 1 fully saturated rings. The van der Waals surface area contributed by atoms with Gasteiger partial charge in [-0.3, -0.25) is 5.32 Å². The van der Waals surface area contributed by atoms with Crippen LogP contribution in [-0.4, -0.2) is 16.8 Å². The second kappa shape index (κ2) is 6.17. The van der Waals surface area contributed by atoms with Crippen molar-refractivity contribution >= 4 is 23.4 Å². The number of hydrogen-bond donors (Lipinski definition) is 1. The average Bonchev–Trinajstić information content (AvgIpc) is 2.75. The number of thioether (sulfide) groups is 1. The van der Waals surface area contributed by atoms with Crippen molar-refractivity contribution in [3.05, 3.63) is 29.3 Å². The van der Waals surface area contributed by atoms with E-state index in [1.54, 1.807) is 0 Å². The first-order chi connectivity index (χ1) is 9.03. The lowest BCUT2D eigenvalue weighted by Crippen LogP contribution is -2.45. The molecular formula is C15H19ClN2S. The Balaban J connectivity index is 1.98. The Morgan fingerprint density at radius 1 is 1.42 bits per heavy atom. The number of nitrogens with zero attached hydrogens (tertiary/aromatic N) is 1. The highest BCUT2D eigenvalue weighted by Crippen LogP contribution is 2.40. The standard InChI is InChI=1S/C15H19ClN2S/c1-11(2)18-15(10-17)8-7-14(9-15)19-13-5-3-12(16)4-6-13/h3-6,11,14,18H,7-9H2,1-2H3. The predicted molar refractivity (Wildman–Crippen MR) is 81.6 cm³/mol. The fourth-order valence-electron chi connectivity index (χ4n) is 2.62. The summed E-state index contributed by atoms with van der Waals surface area (Å²) in [7, 11) is 0. The molecule has 1 aromatic rings. The molecule has 102 valence electrons. The van der Waals surface area contributed by atoms with Crippen LogP contribution in [0, 0.1) is 11.3 Å². The molecule has 2 nitrogen and oxygen atoms in total. The van der Waals surface area contributed by atoms with Crippen molar-refractivity contribution in [1.82, 2.24) is 5.32 Å². The molecule has 1 aliphatic carbocycles. The molecule has 2 unspecified atom stereocenters. The Morgan fingerprint density at radius 3 is 2.68 bits per heavy atom. The summed E-state index contributed by atoms with van der Waals surface area (Å²) in [6.45, 7) is 4.19. The van der Waals surface area contributed by atoms with Crippen molar-refractivity contribution in [3.8, 4) is 6.07 Å². The lowest BCUT2D eigenvalue weighted by Gasteiger charge is -2.25. The molecule has 0 spiro atoms. The Kier molecular flexibility index (Phi) is 4.78. The highest BCUT2D eigenvalue weighted by Gasteiger charge is 2.39. The summed E-state index contributed by atoms with van der Waals surface area (Å²) in [5.74, 6) is 0. The smallest absolute Gasteiger partial charge is 0.108 e. The van der Waals surface area contributed by atoms with Gasteiger partial charge in [0.2, 0.25) is 0 Å². The summed E-state index contributed by atoms with van der Waals surface area (Å²) < 4.78 is 0. The van der Waals surface area contributed by atoms with Gasteiger partial charge in [-0.2, -0.15) is 5.26 Å². The lowest BCUT2D eigenvalue weighted by atomic mass is 9.99. The Morgan fingerprint density at radius 2 is 2.11 bits per heavy atom. The van der Waals surface area contributed by atoms with Gasteiger partial charge in [-0.1, -0.05) is 11.6 Å². The molecule has 1 N–H and O–H groups in total. The molecule has 19 heavy (non-hydrogen) atoms. The Labute approximate surface area is 124 Å². The normalized spacial score (nSPS) is 26.6. The van der Waals surface area contributed by atoms with E-state index in [0.717, 1.165) is 24.3 Å². The van der Waals surface area contributed by atoms with Gasteiger partial charge in [0.1, 0.15) is 5.54 Å². The van der Waals surface area contributed by atoms with Gasteiger partial charge in [0, 0.05) is 21.2 Å². The summed E-state index contributed by atoms with van der Waals surface area (Å²) in [5, 5.41) is 14.2. The van der Waals surface area contributed by atoms with Gasteiger partial charge in [-0.15, -0.1) is 11.8 Å². The molecule has 0 heterocycles. The van der Waals surface area contributed by atoms with Crippen LogP contribution in [0.25, 0.3) is 0 Å². The topological polar surface area (TPSA) is 35.8 Å². The van der Waals surface area contributed by atoms with Crippen molar-refractivity contribution in [3.63, 3.8) is 0 Å². The third-order valence-electron chi connectivity index (χ3n) is 3.36. The van der Waals surface area contributed by atoms with E-state index < -0.39 is 0 Å². The molecule has 0 radical (unpaired) electrons. The predicted octanol–water partition coefficient (Wildman–Crippen LogP) is 4.24. The fourth-order valence-corrected chi connectivity index (χ4v) is 4.03. The van der Waals surface area contributed by atoms with E-state index in [-0.39, 0.29) is 5.54 Å². The largest absolute Gasteiger partial charge is 0.297 e. The third kappa shape index (κ3) is 3.89. The van der Waals surface area contributed by atoms with E-state index >= 15 is 0 Å². The van der Waals surface area contributed by atoms with Gasteiger partial charge in [0.15, 0.2) is 0 Å². The first kappa shape index (κ1) is 14.7. The minimum atomic E-state index is -0.335. The first-order valence-corrected chi connectivity index (χ1v) is 7.90. The van der Waals surface area contributed by atoms with E-state index in [2.05, 4.69) is 37.4 Å². The van der Waals surface area contributed by atoms with Gasteiger partial charge in [-0.25, -0.2) is 0 Å². The van der Waals surface area contributed by atoms with Crippen molar-refractivity contribution < 1.29 is 0 Å². The van der Waals surface area contributed by atoms with Crippen molar-refractivity contribution in [1.29, 1.82) is 5.26 Å². The Hall–Kier alpha value is -0.690. The van der Waals surface area contributed by atoms with Gasteiger partial charge < -0.3 is 0 Å². The second-order valence-electron chi connectivity index (χ2n) is 5.43. The van der Waals surface area contributed by atoms with Crippen LogP contribution < -0.4 is 5.32 Å². The summed E-state index contributed by atoms with van der Waals surface area (Å²) in [5.41, 5.74) is -0.335. The molecule has 4 heteroatoms. The van der Waals surface area contributed by atoms with Crippen LogP contribution in [0.1, 0.15) is 33.1 Å². The van der Waals surface area contributed by atoms with E-state index in [9.17, 15) is 5.26 Å². The minimum absolute atomic E-state index is 0.335. The molecule has 0 saturated heterocycles. The number of halogens is 1. The lowest BCUT2D eigenvalue weighted by molar-refractivity contribution is 0.386. The highest BCUT2D eigenvalue weighted by molar-refractivity contribution is 8.00. The molecule has 0 aromatic heterocycles. The average molecular weight is 295 g/mol. The van der Waals surface area contributed by atoms with Gasteiger partial charge >= 0.3 is 0 Å². The molecule has 0 aliphatic heterocycles. The minimum Gasteiger partial charge on any atom is -0.297 e. The molecule has 2 atom stereocenters. The van der Waals surface area contributed by atoms with E-state index in [1.807, 2.05) is 23.9 Å². The number of nitrogens with one attached hydrogen (secondary N) is 1. The Bertz CT molecular complexity index is 466. The van der Waals surface area contributed by atoms with E-state index in [0.29, 0.717) is 11.3 Å². The summed E-state index contributed by atoms with van der Waals surface area (Å²) in [6.07, 6.45) is 2.93. The van der Waals surface area contributed by atoms with Gasteiger partial charge in [0.05, 0.1) is 6.07 Å². The maximum absolute atomic E-state index is 9.45. The van der Waals surface area contributed by atoms with Crippen LogP contribution in [0.5, 0.6) is 0 Å². The molecule has 1 aromatic carbocycles. The van der Waals surface area contributed by atoms with E-state index in [4.69, 9.17) is 11.6 Å². The monoisotopic (exact) mass is 294 g/mol. The first-order valence-electron chi connectivity index (χ1n) is 6.64. The van der Waals surface area contributed by atoms with Crippen LogP contribution in [-0.2, 0) is 0 Å². The SMILES string of the molecule is CC(C)NC1(C#N)CCC(Sc2ccc(Cl)cc2)C1. The summed E-state index contributed by atoms with van der Waals surface area (Å²) >= 11 is 7.75. The summed E-state index contributed by atoms with van der Waals surface area (Å²) in [4.78, 5) is 1.23. The number of benzene rings is 1. The van der Waals surface area contributed by atoms with Gasteiger partial charge in [-0.05, 0) is 57.4 Å². The molecule has 0 amide bonds. The van der Waals surface area contributed by atoms with Crippen molar-refractivity contribution in [2.75, 3.05) is 0 Å². The van der Waals surface area contributed by atoms with E-state index in [1.165, 1.54) is 4.90 Å². The van der Waals surface area contributed by atoms with Crippen LogP contribution in [0.2, 0.25) is 5.02 Å². The number of rotatable bonds is 4. The van der Waals surface area contributed by atoms with Crippen LogP contribution in [0.15, 0.2) is 29.2 Å². The highest BCUT2D eigenvalue weighted by atomic mass is 35.5. The molecular weight excluding hydrogens is 276 g/mol. The van der Waals surface area contributed by atoms with Crippen LogP contribution >= 0.6 is 23.4 Å². The second-order valence-corrected chi connectivity index (χ2v) is 7.24.